The summed E-state index contributed by atoms with van der Waals surface area (Å²) in [7, 11) is 1.29. The Morgan fingerprint density at radius 2 is 2.08 bits per heavy atom. The molecule has 0 aromatic carbocycles. The summed E-state index contributed by atoms with van der Waals surface area (Å²) in [5.41, 5.74) is 0.319. The smallest absolute Gasteiger partial charge is 0.330 e. The molecule has 7 nitrogen and oxygen atoms in total. The van der Waals surface area contributed by atoms with Crippen molar-refractivity contribution in [2.24, 2.45) is 0 Å². The molecule has 0 radical (unpaired) electrons. The Morgan fingerprint density at radius 3 is 2.64 bits per heavy atom. The molecular weight excluding hydrogens is 340 g/mol. The van der Waals surface area contributed by atoms with Crippen LogP contribution >= 0.6 is 11.3 Å². The highest BCUT2D eigenvalue weighted by Crippen LogP contribution is 2.30. The first kappa shape index (κ1) is 17.3. The first-order chi connectivity index (χ1) is 11.8. The molecule has 1 unspecified atom stereocenters. The molecular formula is C17H20N4O3S. The average Bonchev–Trinajstić information content (AvgIpc) is 3.23. The van der Waals surface area contributed by atoms with E-state index >= 15 is 0 Å². The fraction of sp³-hybridized carbons (Fsp3) is 0.412. The van der Waals surface area contributed by atoms with Crippen molar-refractivity contribution in [3.05, 3.63) is 34.1 Å². The average molecular weight is 360 g/mol. The summed E-state index contributed by atoms with van der Waals surface area (Å²) < 4.78 is 7.66. The van der Waals surface area contributed by atoms with Gasteiger partial charge in [0.25, 0.3) is 5.56 Å². The van der Waals surface area contributed by atoms with Crippen LogP contribution in [0.1, 0.15) is 33.7 Å². The Balaban J connectivity index is 2.40. The minimum Gasteiger partial charge on any atom is -0.467 e. The molecule has 1 atom stereocenters. The van der Waals surface area contributed by atoms with Gasteiger partial charge in [0.05, 0.1) is 29.1 Å². The summed E-state index contributed by atoms with van der Waals surface area (Å²) in [5.74, 6) is -0.520. The Morgan fingerprint density at radius 1 is 1.36 bits per heavy atom. The molecule has 8 heteroatoms. The quantitative estimate of drug-likeness (QED) is 0.671. The number of nitrogens with zero attached hydrogens (tertiary/aromatic N) is 4. The third-order valence-corrected chi connectivity index (χ3v) is 4.82. The summed E-state index contributed by atoms with van der Waals surface area (Å²) in [6, 6.07) is 3.02. The van der Waals surface area contributed by atoms with Gasteiger partial charge in [-0.15, -0.1) is 11.3 Å². The lowest BCUT2D eigenvalue weighted by Gasteiger charge is -2.21. The van der Waals surface area contributed by atoms with E-state index in [0.29, 0.717) is 16.6 Å². The van der Waals surface area contributed by atoms with Crippen molar-refractivity contribution in [2.45, 2.75) is 39.3 Å². The summed E-state index contributed by atoms with van der Waals surface area (Å²) in [5, 5.41) is 11.5. The number of hydrogen-bond acceptors (Lipinski definition) is 6. The molecule has 0 saturated heterocycles. The first-order valence-electron chi connectivity index (χ1n) is 7.88. The van der Waals surface area contributed by atoms with Crippen LogP contribution < -0.4 is 5.56 Å². The number of carbonyl (C=O) groups is 1. The Bertz CT molecular complexity index is 980. The van der Waals surface area contributed by atoms with Gasteiger partial charge in [-0.25, -0.2) is 9.48 Å². The molecule has 0 aliphatic heterocycles. The highest BCUT2D eigenvalue weighted by molar-refractivity contribution is 7.13. The predicted octanol–water partition coefficient (Wildman–Crippen LogP) is 2.81. The van der Waals surface area contributed by atoms with Crippen molar-refractivity contribution < 1.29 is 9.53 Å². The van der Waals surface area contributed by atoms with Crippen LogP contribution in [0.15, 0.2) is 28.5 Å². The summed E-state index contributed by atoms with van der Waals surface area (Å²) in [6.45, 7) is 7.51. The first-order valence-corrected chi connectivity index (χ1v) is 8.76. The molecule has 0 aliphatic rings. The molecule has 3 heterocycles. The van der Waals surface area contributed by atoms with Gasteiger partial charge in [0.2, 0.25) is 0 Å². The summed E-state index contributed by atoms with van der Waals surface area (Å²) in [6.07, 6.45) is 1.66. The number of thiophene rings is 1. The van der Waals surface area contributed by atoms with Crippen LogP contribution in [0.4, 0.5) is 0 Å². The molecule has 3 rings (SSSR count). The lowest BCUT2D eigenvalue weighted by Crippen LogP contribution is -2.34. The maximum Gasteiger partial charge on any atom is 0.330 e. The van der Waals surface area contributed by atoms with Crippen LogP contribution in [0.2, 0.25) is 0 Å². The van der Waals surface area contributed by atoms with Crippen molar-refractivity contribution in [1.82, 2.24) is 19.6 Å². The van der Waals surface area contributed by atoms with Gasteiger partial charge < -0.3 is 4.74 Å². The lowest BCUT2D eigenvalue weighted by atomic mass is 10.1. The van der Waals surface area contributed by atoms with E-state index in [1.165, 1.54) is 23.1 Å². The molecule has 0 spiro atoms. The van der Waals surface area contributed by atoms with E-state index in [1.54, 1.807) is 17.8 Å². The molecule has 3 aromatic rings. The number of ether oxygens (including phenoxy) is 1. The highest BCUT2D eigenvalue weighted by Gasteiger charge is 2.27. The number of carbonyl (C=O) groups excluding carboxylic acids is 1. The Hall–Kier alpha value is -2.48. The topological polar surface area (TPSA) is 79.0 Å². The molecule has 132 valence electrons. The fourth-order valence-electron chi connectivity index (χ4n) is 2.68. The zero-order valence-electron chi connectivity index (χ0n) is 14.8. The van der Waals surface area contributed by atoms with Gasteiger partial charge in [-0.1, -0.05) is 6.07 Å². The standard InChI is InChI=1S/C17H20N4O3S/c1-10(16(23)24-5)20-15(22)14-11(9-18-21(14)17(2,3)4)13(19-20)12-7-6-8-25-12/h6-10H,1-5H3. The van der Waals surface area contributed by atoms with Gasteiger partial charge in [0.15, 0.2) is 6.04 Å². The highest BCUT2D eigenvalue weighted by atomic mass is 32.1. The fourth-order valence-corrected chi connectivity index (χ4v) is 3.40. The van der Waals surface area contributed by atoms with Crippen LogP contribution in [0.3, 0.4) is 0 Å². The van der Waals surface area contributed by atoms with E-state index in [0.717, 1.165) is 4.88 Å². The van der Waals surface area contributed by atoms with Crippen molar-refractivity contribution in [3.63, 3.8) is 0 Å². The van der Waals surface area contributed by atoms with E-state index in [-0.39, 0.29) is 11.1 Å². The van der Waals surface area contributed by atoms with E-state index in [2.05, 4.69) is 10.2 Å². The minimum absolute atomic E-state index is 0.361. The van der Waals surface area contributed by atoms with E-state index in [9.17, 15) is 9.59 Å². The van der Waals surface area contributed by atoms with Gasteiger partial charge >= 0.3 is 5.97 Å². The van der Waals surface area contributed by atoms with Crippen molar-refractivity contribution in [3.8, 4) is 10.6 Å². The van der Waals surface area contributed by atoms with Crippen molar-refractivity contribution >= 4 is 28.2 Å². The number of rotatable bonds is 3. The SMILES string of the molecule is COC(=O)C(C)n1nc(-c2cccs2)c2cnn(C(C)(C)C)c2c1=O. The maximum absolute atomic E-state index is 13.1. The molecule has 0 N–H and O–H groups in total. The van der Waals surface area contributed by atoms with Gasteiger partial charge in [-0.2, -0.15) is 10.2 Å². The summed E-state index contributed by atoms with van der Waals surface area (Å²) >= 11 is 1.52. The third-order valence-electron chi connectivity index (χ3n) is 3.94. The zero-order valence-corrected chi connectivity index (χ0v) is 15.6. The van der Waals surface area contributed by atoms with Crippen LogP contribution in [-0.2, 0) is 15.1 Å². The monoisotopic (exact) mass is 360 g/mol. The molecule has 0 aliphatic carbocycles. The maximum atomic E-state index is 13.1. The molecule has 3 aromatic heterocycles. The number of esters is 1. The Labute approximate surface area is 148 Å². The van der Waals surface area contributed by atoms with Gasteiger partial charge in [0, 0.05) is 0 Å². The van der Waals surface area contributed by atoms with Crippen molar-refractivity contribution in [1.29, 1.82) is 0 Å². The minimum atomic E-state index is -0.830. The van der Waals surface area contributed by atoms with Crippen LogP contribution in [0.25, 0.3) is 21.5 Å². The Kier molecular flexibility index (Phi) is 4.24. The second kappa shape index (κ2) is 6.11. The number of hydrogen-bond donors (Lipinski definition) is 0. The zero-order chi connectivity index (χ0) is 18.4. The lowest BCUT2D eigenvalue weighted by molar-refractivity contribution is -0.144. The number of aromatic nitrogens is 4. The second-order valence-electron chi connectivity index (χ2n) is 6.76. The predicted molar refractivity (Wildman–Crippen MR) is 96.8 cm³/mol. The van der Waals surface area contributed by atoms with E-state index in [4.69, 9.17) is 4.74 Å². The summed E-state index contributed by atoms with van der Waals surface area (Å²) in [4.78, 5) is 26.0. The van der Waals surface area contributed by atoms with E-state index < -0.39 is 12.0 Å². The van der Waals surface area contributed by atoms with E-state index in [1.807, 2.05) is 38.3 Å². The molecule has 0 fully saturated rings. The van der Waals surface area contributed by atoms with Crippen LogP contribution in [0.5, 0.6) is 0 Å². The van der Waals surface area contributed by atoms with Gasteiger partial charge in [-0.3, -0.25) is 9.48 Å². The molecule has 0 amide bonds. The van der Waals surface area contributed by atoms with Crippen molar-refractivity contribution in [2.75, 3.05) is 7.11 Å². The van der Waals surface area contributed by atoms with Crippen LogP contribution in [0, 0.1) is 0 Å². The normalized spacial score (nSPS) is 13.2. The van der Waals surface area contributed by atoms with Gasteiger partial charge in [0.1, 0.15) is 11.2 Å². The number of fused-ring (bicyclic) bond motifs is 1. The number of methoxy groups -OCH3 is 1. The molecule has 0 saturated carbocycles. The third kappa shape index (κ3) is 2.86. The largest absolute Gasteiger partial charge is 0.467 e. The van der Waals surface area contributed by atoms with Gasteiger partial charge in [-0.05, 0) is 39.1 Å². The van der Waals surface area contributed by atoms with Crippen LogP contribution in [-0.4, -0.2) is 32.6 Å². The second-order valence-corrected chi connectivity index (χ2v) is 7.71. The molecule has 25 heavy (non-hydrogen) atoms. The molecule has 0 bridgehead atoms.